The van der Waals surface area contributed by atoms with Gasteiger partial charge in [0.05, 0.1) is 0 Å². The number of aromatic nitrogens is 3. The molecule has 4 nitrogen and oxygen atoms in total. The number of benzene rings is 1. The fourth-order valence-corrected chi connectivity index (χ4v) is 3.55. The fraction of sp³-hybridized carbons (Fsp3) is 0.579. The molecule has 124 valence electrons. The van der Waals surface area contributed by atoms with E-state index >= 15 is 0 Å². The van der Waals surface area contributed by atoms with Gasteiger partial charge in [-0.2, -0.15) is 0 Å². The summed E-state index contributed by atoms with van der Waals surface area (Å²) in [4.78, 5) is 2.57. The summed E-state index contributed by atoms with van der Waals surface area (Å²) in [6.45, 7) is 9.97. The van der Waals surface area contributed by atoms with Crippen LogP contribution < -0.4 is 0 Å². The lowest BCUT2D eigenvalue weighted by Gasteiger charge is -2.34. The van der Waals surface area contributed by atoms with Gasteiger partial charge in [-0.3, -0.25) is 4.90 Å². The van der Waals surface area contributed by atoms with Crippen molar-refractivity contribution in [2.24, 2.45) is 0 Å². The minimum atomic E-state index is 0.435. The van der Waals surface area contributed by atoms with E-state index in [9.17, 15) is 0 Å². The molecule has 1 fully saturated rings. The highest BCUT2D eigenvalue weighted by molar-refractivity contribution is 5.14. The first-order chi connectivity index (χ1) is 11.2. The molecule has 2 aromatic rings. The maximum atomic E-state index is 4.45. The Hall–Kier alpha value is -1.68. The highest BCUT2D eigenvalue weighted by Crippen LogP contribution is 2.28. The molecule has 0 spiro atoms. The molecule has 1 saturated heterocycles. The zero-order valence-electron chi connectivity index (χ0n) is 14.6. The molecule has 3 rings (SSSR count). The Balaban J connectivity index is 1.66. The normalized spacial score (nSPS) is 17.0. The van der Waals surface area contributed by atoms with Gasteiger partial charge in [0.2, 0.25) is 0 Å². The molecule has 0 saturated carbocycles. The summed E-state index contributed by atoms with van der Waals surface area (Å²) in [5, 5.41) is 8.87. The minimum Gasteiger partial charge on any atom is -0.312 e. The largest absolute Gasteiger partial charge is 0.312 e. The molecule has 0 unspecified atom stereocenters. The van der Waals surface area contributed by atoms with E-state index in [-0.39, 0.29) is 0 Å². The van der Waals surface area contributed by atoms with E-state index in [4.69, 9.17) is 0 Å². The summed E-state index contributed by atoms with van der Waals surface area (Å²) in [6, 6.07) is 11.3. The van der Waals surface area contributed by atoms with Crippen LogP contribution in [-0.2, 0) is 13.0 Å². The van der Waals surface area contributed by atoms with Crippen molar-refractivity contribution in [3.8, 4) is 0 Å². The smallest absolute Gasteiger partial charge is 0.135 e. The van der Waals surface area contributed by atoms with E-state index in [1.165, 1.54) is 18.4 Å². The molecule has 0 amide bonds. The Morgan fingerprint density at radius 2 is 1.78 bits per heavy atom. The third-order valence-corrected chi connectivity index (χ3v) is 4.80. The molecule has 2 heterocycles. The van der Waals surface area contributed by atoms with Crippen molar-refractivity contribution in [3.05, 3.63) is 47.5 Å². The van der Waals surface area contributed by atoms with Crippen molar-refractivity contribution in [2.75, 3.05) is 13.1 Å². The molecule has 0 N–H and O–H groups in total. The highest BCUT2D eigenvalue weighted by atomic mass is 15.3. The standard InChI is InChI=1S/C19H28N4/c1-4-18-20-21-19(15(2)3)23(18)17-10-12-22(13-11-17)14-16-8-6-5-7-9-16/h5-9,15,17H,4,10-14H2,1-3H3. The summed E-state index contributed by atoms with van der Waals surface area (Å²) < 4.78 is 2.44. The summed E-state index contributed by atoms with van der Waals surface area (Å²) in [6.07, 6.45) is 3.35. The SMILES string of the molecule is CCc1nnc(C(C)C)n1C1CCN(Cc2ccccc2)CC1. The maximum Gasteiger partial charge on any atom is 0.135 e. The molecule has 4 heteroatoms. The number of likely N-dealkylation sites (tertiary alicyclic amines) is 1. The van der Waals surface area contributed by atoms with Crippen molar-refractivity contribution in [1.29, 1.82) is 0 Å². The quantitative estimate of drug-likeness (QED) is 0.842. The van der Waals surface area contributed by atoms with Gasteiger partial charge >= 0.3 is 0 Å². The third kappa shape index (κ3) is 3.63. The second-order valence-corrected chi connectivity index (χ2v) is 6.85. The van der Waals surface area contributed by atoms with Gasteiger partial charge in [0.15, 0.2) is 0 Å². The van der Waals surface area contributed by atoms with Crippen molar-refractivity contribution in [2.45, 2.75) is 58.5 Å². The van der Waals surface area contributed by atoms with Gasteiger partial charge in [0.25, 0.3) is 0 Å². The van der Waals surface area contributed by atoms with Crippen molar-refractivity contribution in [3.63, 3.8) is 0 Å². The molecule has 23 heavy (non-hydrogen) atoms. The van der Waals surface area contributed by atoms with Crippen LogP contribution in [0.3, 0.4) is 0 Å². The van der Waals surface area contributed by atoms with Crippen LogP contribution in [0.1, 0.15) is 62.8 Å². The lowest BCUT2D eigenvalue weighted by molar-refractivity contribution is 0.176. The second-order valence-electron chi connectivity index (χ2n) is 6.85. The first-order valence-electron chi connectivity index (χ1n) is 8.89. The van der Waals surface area contributed by atoms with Gasteiger partial charge < -0.3 is 4.57 Å². The Labute approximate surface area is 139 Å². The van der Waals surface area contributed by atoms with Gasteiger partial charge in [0, 0.05) is 38.0 Å². The van der Waals surface area contributed by atoms with Crippen LogP contribution in [0, 0.1) is 0 Å². The molecule has 1 aromatic heterocycles. The number of piperidine rings is 1. The summed E-state index contributed by atoms with van der Waals surface area (Å²) in [5.41, 5.74) is 1.41. The summed E-state index contributed by atoms with van der Waals surface area (Å²) in [7, 11) is 0. The average Bonchev–Trinajstić information content (AvgIpc) is 3.01. The lowest BCUT2D eigenvalue weighted by Crippen LogP contribution is -2.35. The summed E-state index contributed by atoms with van der Waals surface area (Å²) >= 11 is 0. The van der Waals surface area contributed by atoms with Crippen LogP contribution in [0.2, 0.25) is 0 Å². The fourth-order valence-electron chi connectivity index (χ4n) is 3.55. The van der Waals surface area contributed by atoms with Crippen molar-refractivity contribution < 1.29 is 0 Å². The first kappa shape index (κ1) is 16.2. The molecule has 1 aliphatic heterocycles. The molecule has 1 aliphatic rings. The zero-order valence-corrected chi connectivity index (χ0v) is 14.6. The molecular weight excluding hydrogens is 284 g/mol. The lowest BCUT2D eigenvalue weighted by atomic mass is 10.0. The molecular formula is C19H28N4. The average molecular weight is 312 g/mol. The number of hydrogen-bond donors (Lipinski definition) is 0. The van der Waals surface area contributed by atoms with Gasteiger partial charge in [-0.1, -0.05) is 51.1 Å². The zero-order chi connectivity index (χ0) is 16.2. The van der Waals surface area contributed by atoms with Crippen LogP contribution in [0.5, 0.6) is 0 Å². The summed E-state index contributed by atoms with van der Waals surface area (Å²) in [5.74, 6) is 2.74. The molecule has 0 aliphatic carbocycles. The van der Waals surface area contributed by atoms with Crippen LogP contribution in [-0.4, -0.2) is 32.8 Å². The number of nitrogens with zero attached hydrogens (tertiary/aromatic N) is 4. The van der Waals surface area contributed by atoms with E-state index < -0.39 is 0 Å². The topological polar surface area (TPSA) is 34.0 Å². The Bertz CT molecular complexity index is 610. The van der Waals surface area contributed by atoms with Crippen LogP contribution in [0.4, 0.5) is 0 Å². The van der Waals surface area contributed by atoms with E-state index in [0.29, 0.717) is 12.0 Å². The van der Waals surface area contributed by atoms with Crippen molar-refractivity contribution in [1.82, 2.24) is 19.7 Å². The Kier molecular flexibility index (Phi) is 5.11. The van der Waals surface area contributed by atoms with E-state index in [1.54, 1.807) is 0 Å². The van der Waals surface area contributed by atoms with E-state index in [1.807, 2.05) is 0 Å². The second kappa shape index (κ2) is 7.26. The van der Waals surface area contributed by atoms with Gasteiger partial charge in [-0.05, 0) is 18.4 Å². The van der Waals surface area contributed by atoms with E-state index in [0.717, 1.165) is 37.7 Å². The highest BCUT2D eigenvalue weighted by Gasteiger charge is 2.25. The minimum absolute atomic E-state index is 0.435. The number of hydrogen-bond acceptors (Lipinski definition) is 3. The van der Waals surface area contributed by atoms with Crippen molar-refractivity contribution >= 4 is 0 Å². The number of aryl methyl sites for hydroxylation is 1. The molecule has 0 bridgehead atoms. The predicted octanol–water partition coefficient (Wildman–Crippen LogP) is 3.80. The molecule has 0 atom stereocenters. The monoisotopic (exact) mass is 312 g/mol. The third-order valence-electron chi connectivity index (χ3n) is 4.80. The van der Waals surface area contributed by atoms with Gasteiger partial charge in [-0.25, -0.2) is 0 Å². The Morgan fingerprint density at radius 3 is 2.39 bits per heavy atom. The maximum absolute atomic E-state index is 4.45. The van der Waals surface area contributed by atoms with Crippen LogP contribution in [0.25, 0.3) is 0 Å². The number of rotatable bonds is 5. The van der Waals surface area contributed by atoms with Gasteiger partial charge in [-0.15, -0.1) is 10.2 Å². The molecule has 0 radical (unpaired) electrons. The Morgan fingerprint density at radius 1 is 1.09 bits per heavy atom. The first-order valence-corrected chi connectivity index (χ1v) is 8.89. The molecule has 1 aromatic carbocycles. The van der Waals surface area contributed by atoms with E-state index in [2.05, 4.69) is 70.8 Å². The van der Waals surface area contributed by atoms with Gasteiger partial charge in [0.1, 0.15) is 11.6 Å². The van der Waals surface area contributed by atoms with Crippen LogP contribution >= 0.6 is 0 Å². The predicted molar refractivity (Wildman–Crippen MR) is 93.5 cm³/mol. The van der Waals surface area contributed by atoms with Crippen LogP contribution in [0.15, 0.2) is 30.3 Å².